The summed E-state index contributed by atoms with van der Waals surface area (Å²) in [6.07, 6.45) is 1.74. The Labute approximate surface area is 136 Å². The van der Waals surface area contributed by atoms with Gasteiger partial charge in [0.25, 0.3) is 5.91 Å². The fourth-order valence-electron chi connectivity index (χ4n) is 2.85. The molecule has 0 unspecified atom stereocenters. The van der Waals surface area contributed by atoms with E-state index in [0.29, 0.717) is 19.0 Å². The molecule has 0 aliphatic carbocycles. The Morgan fingerprint density at radius 1 is 1.13 bits per heavy atom. The second-order valence-corrected chi connectivity index (χ2v) is 5.87. The van der Waals surface area contributed by atoms with Crippen LogP contribution in [0.1, 0.15) is 34.7 Å². The number of carbonyl (C=O) groups excluding carboxylic acids is 1. The second-order valence-electron chi connectivity index (χ2n) is 5.87. The first-order chi connectivity index (χ1) is 11.1. The van der Waals surface area contributed by atoms with Crippen molar-refractivity contribution in [1.29, 1.82) is 0 Å². The van der Waals surface area contributed by atoms with Gasteiger partial charge in [0.2, 0.25) is 5.88 Å². The second kappa shape index (κ2) is 6.77. The molecule has 0 atom stereocenters. The van der Waals surface area contributed by atoms with Crippen LogP contribution in [0.3, 0.4) is 0 Å². The highest BCUT2D eigenvalue weighted by atomic mass is 16.5. The molecule has 5 nitrogen and oxygen atoms in total. The lowest BCUT2D eigenvalue weighted by atomic mass is 10.1. The lowest BCUT2D eigenvalue weighted by Crippen LogP contribution is -2.41. The van der Waals surface area contributed by atoms with Gasteiger partial charge in [-0.05, 0) is 26.0 Å². The Balaban J connectivity index is 1.57. The fourth-order valence-corrected chi connectivity index (χ4v) is 2.85. The third-order valence-electron chi connectivity index (χ3n) is 3.98. The highest BCUT2D eigenvalue weighted by Gasteiger charge is 2.25. The number of carbonyl (C=O) groups is 1. The van der Waals surface area contributed by atoms with E-state index < -0.39 is 0 Å². The Bertz CT molecular complexity index is 660. The lowest BCUT2D eigenvalue weighted by molar-refractivity contribution is 0.0587. The molecule has 3 rings (SSSR count). The van der Waals surface area contributed by atoms with Crippen molar-refractivity contribution in [3.8, 4) is 5.88 Å². The maximum atomic E-state index is 12.4. The Hall–Kier alpha value is -2.43. The third-order valence-corrected chi connectivity index (χ3v) is 3.98. The molecule has 23 heavy (non-hydrogen) atoms. The maximum absolute atomic E-state index is 12.4. The van der Waals surface area contributed by atoms with Gasteiger partial charge in [-0.1, -0.05) is 18.2 Å². The molecule has 1 fully saturated rings. The normalized spacial score (nSPS) is 15.5. The van der Waals surface area contributed by atoms with Gasteiger partial charge in [0.05, 0.1) is 0 Å². The number of aromatic nitrogens is 2. The van der Waals surface area contributed by atoms with E-state index in [1.807, 2.05) is 55.1 Å². The standard InChI is InChI=1S/C18H21N3O2/c1-13-12-17(20-14(2)19-13)23-16-8-10-21(11-9-16)18(22)15-6-4-3-5-7-15/h3-7,12,16H,8-11H2,1-2H3. The molecular weight excluding hydrogens is 290 g/mol. The zero-order valence-electron chi connectivity index (χ0n) is 13.5. The minimum absolute atomic E-state index is 0.0952. The molecule has 1 aromatic heterocycles. The smallest absolute Gasteiger partial charge is 0.253 e. The van der Waals surface area contributed by atoms with Gasteiger partial charge in [0, 0.05) is 43.3 Å². The van der Waals surface area contributed by atoms with Crippen molar-refractivity contribution in [1.82, 2.24) is 14.9 Å². The van der Waals surface area contributed by atoms with Crippen molar-refractivity contribution in [3.63, 3.8) is 0 Å². The highest BCUT2D eigenvalue weighted by Crippen LogP contribution is 2.19. The summed E-state index contributed by atoms with van der Waals surface area (Å²) >= 11 is 0. The number of amides is 1. The number of aryl methyl sites for hydroxylation is 2. The number of likely N-dealkylation sites (tertiary alicyclic amines) is 1. The molecule has 0 bridgehead atoms. The van der Waals surface area contributed by atoms with Crippen LogP contribution in [0, 0.1) is 13.8 Å². The Morgan fingerprint density at radius 2 is 1.83 bits per heavy atom. The van der Waals surface area contributed by atoms with Crippen LogP contribution in [0.4, 0.5) is 0 Å². The van der Waals surface area contributed by atoms with Crippen LogP contribution >= 0.6 is 0 Å². The third kappa shape index (κ3) is 3.86. The van der Waals surface area contributed by atoms with Crippen molar-refractivity contribution < 1.29 is 9.53 Å². The van der Waals surface area contributed by atoms with E-state index in [1.54, 1.807) is 0 Å². The molecule has 1 aromatic carbocycles. The van der Waals surface area contributed by atoms with Crippen LogP contribution in [-0.4, -0.2) is 40.0 Å². The van der Waals surface area contributed by atoms with Gasteiger partial charge in [0.15, 0.2) is 0 Å². The predicted octanol–water partition coefficient (Wildman–Crippen LogP) is 2.78. The van der Waals surface area contributed by atoms with Gasteiger partial charge < -0.3 is 9.64 Å². The SMILES string of the molecule is Cc1cc(OC2CCN(C(=O)c3ccccc3)CC2)nc(C)n1. The molecule has 1 saturated heterocycles. The van der Waals surface area contributed by atoms with E-state index in [9.17, 15) is 4.79 Å². The van der Waals surface area contributed by atoms with E-state index in [4.69, 9.17) is 4.74 Å². The number of nitrogens with zero attached hydrogens (tertiary/aromatic N) is 3. The van der Waals surface area contributed by atoms with Gasteiger partial charge in [-0.2, -0.15) is 4.98 Å². The molecular formula is C18H21N3O2. The van der Waals surface area contributed by atoms with Crippen LogP contribution in [0.25, 0.3) is 0 Å². The first kappa shape index (κ1) is 15.5. The van der Waals surface area contributed by atoms with Gasteiger partial charge in [0.1, 0.15) is 11.9 Å². The summed E-state index contributed by atoms with van der Waals surface area (Å²) in [5.74, 6) is 1.44. The van der Waals surface area contributed by atoms with Gasteiger partial charge >= 0.3 is 0 Å². The van der Waals surface area contributed by atoms with E-state index >= 15 is 0 Å². The Morgan fingerprint density at radius 3 is 2.48 bits per heavy atom. The summed E-state index contributed by atoms with van der Waals surface area (Å²) in [4.78, 5) is 22.9. The summed E-state index contributed by atoms with van der Waals surface area (Å²) in [6, 6.07) is 11.3. The zero-order valence-corrected chi connectivity index (χ0v) is 13.5. The average Bonchev–Trinajstić information content (AvgIpc) is 2.55. The molecule has 0 saturated carbocycles. The average molecular weight is 311 g/mol. The van der Waals surface area contributed by atoms with Crippen LogP contribution in [0.5, 0.6) is 5.88 Å². The van der Waals surface area contributed by atoms with Gasteiger partial charge in [-0.3, -0.25) is 4.79 Å². The first-order valence-electron chi connectivity index (χ1n) is 7.95. The number of ether oxygens (including phenoxy) is 1. The zero-order chi connectivity index (χ0) is 16.2. The highest BCUT2D eigenvalue weighted by molar-refractivity contribution is 5.94. The van der Waals surface area contributed by atoms with Crippen molar-refractivity contribution in [2.24, 2.45) is 0 Å². The van der Waals surface area contributed by atoms with Gasteiger partial charge in [-0.25, -0.2) is 4.98 Å². The predicted molar refractivity (Wildman–Crippen MR) is 87.5 cm³/mol. The summed E-state index contributed by atoms with van der Waals surface area (Å²) in [6.45, 7) is 5.21. The molecule has 0 radical (unpaired) electrons. The minimum Gasteiger partial charge on any atom is -0.474 e. The molecule has 120 valence electrons. The van der Waals surface area contributed by atoms with Crippen molar-refractivity contribution >= 4 is 5.91 Å². The van der Waals surface area contributed by atoms with Crippen LogP contribution < -0.4 is 4.74 Å². The first-order valence-corrected chi connectivity index (χ1v) is 7.95. The maximum Gasteiger partial charge on any atom is 0.253 e. The number of hydrogen-bond donors (Lipinski definition) is 0. The molecule has 2 heterocycles. The number of piperidine rings is 1. The largest absolute Gasteiger partial charge is 0.474 e. The van der Waals surface area contributed by atoms with Crippen molar-refractivity contribution in [2.45, 2.75) is 32.8 Å². The number of benzene rings is 1. The van der Waals surface area contributed by atoms with Crippen LogP contribution in [0.2, 0.25) is 0 Å². The number of hydrogen-bond acceptors (Lipinski definition) is 4. The topological polar surface area (TPSA) is 55.3 Å². The van der Waals surface area contributed by atoms with Crippen LogP contribution in [0.15, 0.2) is 36.4 Å². The van der Waals surface area contributed by atoms with Crippen molar-refractivity contribution in [2.75, 3.05) is 13.1 Å². The minimum atomic E-state index is 0.0952. The van der Waals surface area contributed by atoms with E-state index in [-0.39, 0.29) is 12.0 Å². The quantitative estimate of drug-likeness (QED) is 0.874. The van der Waals surface area contributed by atoms with Crippen LogP contribution in [-0.2, 0) is 0 Å². The lowest BCUT2D eigenvalue weighted by Gasteiger charge is -2.32. The fraction of sp³-hybridized carbons (Fsp3) is 0.389. The van der Waals surface area contributed by atoms with Crippen molar-refractivity contribution in [3.05, 3.63) is 53.5 Å². The summed E-state index contributed by atoms with van der Waals surface area (Å²) < 4.78 is 5.96. The van der Waals surface area contributed by atoms with E-state index in [2.05, 4.69) is 9.97 Å². The Kier molecular flexibility index (Phi) is 4.55. The van der Waals surface area contributed by atoms with Gasteiger partial charge in [-0.15, -0.1) is 0 Å². The molecule has 1 aliphatic heterocycles. The molecule has 0 N–H and O–H groups in total. The molecule has 5 heteroatoms. The molecule has 2 aromatic rings. The summed E-state index contributed by atoms with van der Waals surface area (Å²) in [5, 5.41) is 0. The summed E-state index contributed by atoms with van der Waals surface area (Å²) in [7, 11) is 0. The monoisotopic (exact) mass is 311 g/mol. The molecule has 1 amide bonds. The van der Waals surface area contributed by atoms with E-state index in [0.717, 1.165) is 29.9 Å². The number of rotatable bonds is 3. The molecule has 1 aliphatic rings. The van der Waals surface area contributed by atoms with E-state index in [1.165, 1.54) is 0 Å². The summed E-state index contributed by atoms with van der Waals surface area (Å²) in [5.41, 5.74) is 1.65. The molecule has 0 spiro atoms.